The van der Waals surface area contributed by atoms with E-state index in [0.717, 1.165) is 11.5 Å². The molecule has 1 aliphatic heterocycles. The number of carbonyl (C=O) groups excluding carboxylic acids is 1. The van der Waals surface area contributed by atoms with Crippen molar-refractivity contribution in [2.75, 3.05) is 38.4 Å². The second-order valence-corrected chi connectivity index (χ2v) is 10.8. The molecular formula is C19H28N5O3S2+. The molecule has 0 aliphatic carbocycles. The van der Waals surface area contributed by atoms with E-state index in [1.807, 2.05) is 34.9 Å². The van der Waals surface area contributed by atoms with Crippen LogP contribution >= 0.6 is 11.8 Å². The largest absolute Gasteiger partial charge is 0.341 e. The lowest BCUT2D eigenvalue weighted by molar-refractivity contribution is -0.890. The number of para-hydroxylation sites is 1. The van der Waals surface area contributed by atoms with Crippen molar-refractivity contribution in [1.29, 1.82) is 0 Å². The van der Waals surface area contributed by atoms with Crippen molar-refractivity contribution in [3.63, 3.8) is 0 Å². The van der Waals surface area contributed by atoms with E-state index >= 15 is 0 Å². The second kappa shape index (κ2) is 8.85. The van der Waals surface area contributed by atoms with Gasteiger partial charge in [-0.2, -0.15) is 0 Å². The fourth-order valence-corrected chi connectivity index (χ4v) is 5.90. The first kappa shape index (κ1) is 21.8. The van der Waals surface area contributed by atoms with E-state index in [0.29, 0.717) is 11.6 Å². The van der Waals surface area contributed by atoms with Crippen LogP contribution in [-0.2, 0) is 14.6 Å². The van der Waals surface area contributed by atoms with Crippen LogP contribution in [0.25, 0.3) is 5.69 Å². The van der Waals surface area contributed by atoms with Gasteiger partial charge in [0.1, 0.15) is 6.04 Å². The van der Waals surface area contributed by atoms with Crippen molar-refractivity contribution in [1.82, 2.24) is 19.7 Å². The van der Waals surface area contributed by atoms with Crippen molar-refractivity contribution < 1.29 is 18.1 Å². The second-order valence-electron chi connectivity index (χ2n) is 7.66. The molecule has 0 saturated carbocycles. The Balaban J connectivity index is 1.78. The van der Waals surface area contributed by atoms with Crippen molar-refractivity contribution in [2.45, 2.75) is 30.6 Å². The number of quaternary nitrogens is 1. The topological polar surface area (TPSA) is 89.6 Å². The van der Waals surface area contributed by atoms with Gasteiger partial charge in [-0.15, -0.1) is 10.2 Å². The minimum atomic E-state index is -3.03. The van der Waals surface area contributed by atoms with Gasteiger partial charge < -0.3 is 9.80 Å². The average Bonchev–Trinajstić information content (AvgIpc) is 3.28. The average molecular weight is 439 g/mol. The van der Waals surface area contributed by atoms with E-state index in [1.165, 1.54) is 16.7 Å². The summed E-state index contributed by atoms with van der Waals surface area (Å²) in [5.74, 6) is 1.11. The first-order chi connectivity index (χ1) is 13.7. The third-order valence-electron chi connectivity index (χ3n) is 5.40. The maximum atomic E-state index is 12.7. The van der Waals surface area contributed by atoms with E-state index in [2.05, 4.69) is 31.2 Å². The van der Waals surface area contributed by atoms with Crippen LogP contribution < -0.4 is 4.90 Å². The fourth-order valence-electron chi connectivity index (χ4n) is 3.25. The van der Waals surface area contributed by atoms with Crippen LogP contribution in [-0.4, -0.2) is 78.4 Å². The molecule has 2 heterocycles. The molecule has 1 aromatic heterocycles. The minimum absolute atomic E-state index is 0.0490. The number of aromatic nitrogens is 3. The molecule has 29 heavy (non-hydrogen) atoms. The molecule has 3 rings (SSSR count). The lowest BCUT2D eigenvalue weighted by Crippen LogP contribution is -3.05. The maximum absolute atomic E-state index is 12.7. The zero-order valence-electron chi connectivity index (χ0n) is 17.2. The third kappa shape index (κ3) is 4.99. The molecular weight excluding hydrogens is 410 g/mol. The zero-order chi connectivity index (χ0) is 21.2. The molecule has 1 fully saturated rings. The van der Waals surface area contributed by atoms with Crippen LogP contribution in [0.15, 0.2) is 35.5 Å². The number of hydrogen-bond donors (Lipinski definition) is 1. The Hall–Kier alpha value is -1.91. The first-order valence-corrected chi connectivity index (χ1v) is 12.4. The van der Waals surface area contributed by atoms with Gasteiger partial charge >= 0.3 is 0 Å². The predicted molar refractivity (Wildman–Crippen MR) is 113 cm³/mol. The Morgan fingerprint density at radius 3 is 2.59 bits per heavy atom. The van der Waals surface area contributed by atoms with Gasteiger partial charge in [-0.05, 0) is 25.5 Å². The number of amides is 1. The van der Waals surface area contributed by atoms with E-state index in [-0.39, 0.29) is 35.2 Å². The number of benzene rings is 1. The monoisotopic (exact) mass is 438 g/mol. The van der Waals surface area contributed by atoms with Crippen LogP contribution in [0.5, 0.6) is 0 Å². The normalized spacial score (nSPS) is 19.4. The molecule has 1 amide bonds. The lowest BCUT2D eigenvalue weighted by atomic mass is 10.2. The van der Waals surface area contributed by atoms with Gasteiger partial charge in [0, 0.05) is 18.8 Å². The summed E-state index contributed by atoms with van der Waals surface area (Å²) in [4.78, 5) is 15.4. The molecule has 10 heteroatoms. The highest BCUT2D eigenvalue weighted by Gasteiger charge is 2.33. The van der Waals surface area contributed by atoms with Crippen molar-refractivity contribution >= 4 is 27.5 Å². The van der Waals surface area contributed by atoms with Crippen LogP contribution in [0.2, 0.25) is 0 Å². The number of rotatable bonds is 7. The molecule has 0 bridgehead atoms. The van der Waals surface area contributed by atoms with Gasteiger partial charge in [0.2, 0.25) is 5.91 Å². The summed E-state index contributed by atoms with van der Waals surface area (Å²) in [6, 6.07) is 9.74. The molecule has 2 atom stereocenters. The summed E-state index contributed by atoms with van der Waals surface area (Å²) in [6.07, 6.45) is 0.503. The summed E-state index contributed by atoms with van der Waals surface area (Å²) in [5.41, 5.74) is 0.950. The maximum Gasteiger partial charge on any atom is 0.233 e. The molecule has 1 aliphatic rings. The van der Waals surface area contributed by atoms with Crippen molar-refractivity contribution in [3.8, 4) is 5.69 Å². The summed E-state index contributed by atoms with van der Waals surface area (Å²) >= 11 is 1.33. The molecule has 0 unspecified atom stereocenters. The first-order valence-electron chi connectivity index (χ1n) is 9.59. The SMILES string of the molecule is C[C@@H](c1nnc(SCC(=O)N(C)[C@H]2CCS(=O)(=O)C2)n1-c1ccccc1)[NH+](C)C. The molecule has 8 nitrogen and oxygen atoms in total. The summed E-state index contributed by atoms with van der Waals surface area (Å²) < 4.78 is 25.4. The van der Waals surface area contributed by atoms with Gasteiger partial charge in [-0.3, -0.25) is 9.36 Å². The van der Waals surface area contributed by atoms with E-state index in [9.17, 15) is 13.2 Å². The molecule has 1 aromatic carbocycles. The number of nitrogens with zero attached hydrogens (tertiary/aromatic N) is 4. The Morgan fingerprint density at radius 2 is 2.00 bits per heavy atom. The molecule has 158 valence electrons. The Morgan fingerprint density at radius 1 is 1.31 bits per heavy atom. The van der Waals surface area contributed by atoms with Gasteiger partial charge in [-0.1, -0.05) is 30.0 Å². The standard InChI is InChI=1S/C19H27N5O3S2/c1-14(22(2)3)18-20-21-19(24(18)15-8-6-5-7-9-15)28-12-17(25)23(4)16-10-11-29(26,27)13-16/h5-9,14,16H,10-13H2,1-4H3/p+1/t14-,16-/m0/s1. The van der Waals surface area contributed by atoms with Crippen LogP contribution in [0.1, 0.15) is 25.2 Å². The van der Waals surface area contributed by atoms with Crippen molar-refractivity contribution in [3.05, 3.63) is 36.2 Å². The highest BCUT2D eigenvalue weighted by atomic mass is 32.2. The van der Waals surface area contributed by atoms with Crippen LogP contribution in [0.3, 0.4) is 0 Å². The van der Waals surface area contributed by atoms with Gasteiger partial charge in [0.05, 0.1) is 31.4 Å². The fraction of sp³-hybridized carbons (Fsp3) is 0.526. The summed E-state index contributed by atoms with van der Waals surface area (Å²) in [7, 11) is 2.78. The number of sulfone groups is 1. The van der Waals surface area contributed by atoms with Gasteiger partial charge in [0.15, 0.2) is 20.8 Å². The quantitative estimate of drug-likeness (QED) is 0.622. The number of nitrogens with one attached hydrogen (secondary N) is 1. The van der Waals surface area contributed by atoms with Crippen LogP contribution in [0, 0.1) is 0 Å². The minimum Gasteiger partial charge on any atom is -0.341 e. The molecule has 1 N–H and O–H groups in total. The van der Waals surface area contributed by atoms with Gasteiger partial charge in [0.25, 0.3) is 0 Å². The Labute approximate surface area is 176 Å². The number of hydrogen-bond acceptors (Lipinski definition) is 6. The molecule has 2 aromatic rings. The molecule has 0 radical (unpaired) electrons. The van der Waals surface area contributed by atoms with Gasteiger partial charge in [-0.25, -0.2) is 8.42 Å². The molecule has 0 spiro atoms. The van der Waals surface area contributed by atoms with Crippen LogP contribution in [0.4, 0.5) is 0 Å². The Bertz CT molecular complexity index is 959. The van der Waals surface area contributed by atoms with E-state index in [4.69, 9.17) is 0 Å². The lowest BCUT2D eigenvalue weighted by Gasteiger charge is -2.23. The number of carbonyl (C=O) groups is 1. The smallest absolute Gasteiger partial charge is 0.233 e. The summed E-state index contributed by atoms with van der Waals surface area (Å²) in [5, 5.41) is 9.40. The van der Waals surface area contributed by atoms with Crippen molar-refractivity contribution in [2.24, 2.45) is 0 Å². The Kier molecular flexibility index (Phi) is 6.65. The molecule has 1 saturated heterocycles. The zero-order valence-corrected chi connectivity index (χ0v) is 18.8. The third-order valence-corrected chi connectivity index (χ3v) is 8.06. The predicted octanol–water partition coefficient (Wildman–Crippen LogP) is 0.210. The highest BCUT2D eigenvalue weighted by Crippen LogP contribution is 2.25. The number of thioether (sulfide) groups is 1. The van der Waals surface area contributed by atoms with E-state index < -0.39 is 9.84 Å². The van der Waals surface area contributed by atoms with E-state index in [1.54, 1.807) is 11.9 Å². The highest BCUT2D eigenvalue weighted by molar-refractivity contribution is 7.99. The summed E-state index contributed by atoms with van der Waals surface area (Å²) in [6.45, 7) is 2.09.